The van der Waals surface area contributed by atoms with Crippen LogP contribution in [-0.2, 0) is 0 Å². The number of hydrogen-bond donors (Lipinski definition) is 1. The van der Waals surface area contributed by atoms with Gasteiger partial charge in [0.05, 0.1) is 19.4 Å². The van der Waals surface area contributed by atoms with Crippen LogP contribution in [0.4, 0.5) is 0 Å². The Morgan fingerprint density at radius 2 is 2.04 bits per heavy atom. The second-order valence-corrected chi connectivity index (χ2v) is 5.92. The van der Waals surface area contributed by atoms with Gasteiger partial charge in [-0.15, -0.1) is 0 Å². The fraction of sp³-hybridized carbons (Fsp3) is 0.444. The number of hydrogen-bond acceptors (Lipinski definition) is 5. The number of likely N-dealkylation sites (tertiary alicyclic amines) is 1. The van der Waals surface area contributed by atoms with E-state index in [0.717, 1.165) is 24.3 Å². The minimum Gasteiger partial charge on any atom is -0.496 e. The van der Waals surface area contributed by atoms with Crippen LogP contribution in [0.5, 0.6) is 11.5 Å². The quantitative estimate of drug-likeness (QED) is 0.790. The first-order valence-corrected chi connectivity index (χ1v) is 8.35. The molecule has 6 heteroatoms. The molecule has 1 saturated heterocycles. The van der Waals surface area contributed by atoms with E-state index in [9.17, 15) is 4.79 Å². The van der Waals surface area contributed by atoms with Crippen molar-refractivity contribution in [2.24, 2.45) is 0 Å². The summed E-state index contributed by atoms with van der Waals surface area (Å²) in [7, 11) is 1.61. The van der Waals surface area contributed by atoms with E-state index in [1.807, 2.05) is 18.2 Å². The third-order valence-corrected chi connectivity index (χ3v) is 4.21. The van der Waals surface area contributed by atoms with Gasteiger partial charge in [0.25, 0.3) is 5.56 Å². The average Bonchev–Trinajstić information content (AvgIpc) is 3.13. The van der Waals surface area contributed by atoms with Crippen LogP contribution in [0.2, 0.25) is 0 Å². The molecule has 1 aromatic carbocycles. The summed E-state index contributed by atoms with van der Waals surface area (Å²) >= 11 is 0. The van der Waals surface area contributed by atoms with Gasteiger partial charge in [0.1, 0.15) is 11.5 Å². The van der Waals surface area contributed by atoms with Crippen molar-refractivity contribution >= 4 is 0 Å². The van der Waals surface area contributed by atoms with E-state index in [1.165, 1.54) is 32.0 Å². The van der Waals surface area contributed by atoms with Crippen LogP contribution in [-0.4, -0.2) is 48.4 Å². The Morgan fingerprint density at radius 1 is 1.21 bits per heavy atom. The number of methoxy groups -OCH3 is 1. The molecule has 0 radical (unpaired) electrons. The van der Waals surface area contributed by atoms with Crippen LogP contribution >= 0.6 is 0 Å². The summed E-state index contributed by atoms with van der Waals surface area (Å²) in [5.74, 6) is 1.45. The normalized spacial score (nSPS) is 14.7. The molecule has 2 heterocycles. The highest BCUT2D eigenvalue weighted by Gasteiger charge is 2.11. The van der Waals surface area contributed by atoms with Gasteiger partial charge in [-0.25, -0.2) is 5.10 Å². The van der Waals surface area contributed by atoms with Crippen LogP contribution in [0.15, 0.2) is 35.1 Å². The van der Waals surface area contributed by atoms with Gasteiger partial charge in [-0.05, 0) is 50.6 Å². The van der Waals surface area contributed by atoms with E-state index < -0.39 is 0 Å². The highest BCUT2D eigenvalue weighted by atomic mass is 16.5. The Hall–Kier alpha value is -2.34. The largest absolute Gasteiger partial charge is 0.496 e. The van der Waals surface area contributed by atoms with Crippen molar-refractivity contribution in [3.05, 3.63) is 40.7 Å². The number of nitrogens with zero attached hydrogens (tertiary/aromatic N) is 2. The number of rotatable bonds is 7. The van der Waals surface area contributed by atoms with E-state index in [-0.39, 0.29) is 5.56 Å². The molecule has 24 heavy (non-hydrogen) atoms. The minimum absolute atomic E-state index is 0.226. The topological polar surface area (TPSA) is 67.5 Å². The molecule has 1 N–H and O–H groups in total. The van der Waals surface area contributed by atoms with Crippen molar-refractivity contribution < 1.29 is 9.47 Å². The Kier molecular flexibility index (Phi) is 5.48. The molecule has 0 bridgehead atoms. The first-order valence-electron chi connectivity index (χ1n) is 8.35. The third-order valence-electron chi connectivity index (χ3n) is 4.21. The summed E-state index contributed by atoms with van der Waals surface area (Å²) in [5, 5.41) is 6.48. The second kappa shape index (κ2) is 7.97. The maximum absolute atomic E-state index is 11.1. The Morgan fingerprint density at radius 3 is 2.75 bits per heavy atom. The molecular formula is C18H23N3O3. The molecule has 0 atom stereocenters. The molecule has 3 rings (SSSR count). The lowest BCUT2D eigenvalue weighted by Gasteiger charge is -2.15. The highest BCUT2D eigenvalue weighted by molar-refractivity contribution is 5.68. The molecular weight excluding hydrogens is 306 g/mol. The van der Waals surface area contributed by atoms with Crippen molar-refractivity contribution in [1.82, 2.24) is 15.1 Å². The number of ether oxygens (including phenoxy) is 2. The molecule has 1 aliphatic rings. The summed E-state index contributed by atoms with van der Waals surface area (Å²) in [6.07, 6.45) is 3.65. The highest BCUT2D eigenvalue weighted by Crippen LogP contribution is 2.31. The second-order valence-electron chi connectivity index (χ2n) is 5.92. The molecule has 0 aliphatic carbocycles. The smallest absolute Gasteiger partial charge is 0.264 e. The molecule has 0 unspecified atom stereocenters. The Bertz CT molecular complexity index is 703. The SMILES string of the molecule is COc1cc(OCCCN2CCCC2)ccc1-c1ccc(=O)[nH]n1. The Labute approximate surface area is 141 Å². The fourth-order valence-electron chi connectivity index (χ4n) is 2.95. The molecule has 0 spiro atoms. The van der Waals surface area contributed by atoms with Crippen LogP contribution in [0.25, 0.3) is 11.3 Å². The number of benzene rings is 1. The van der Waals surface area contributed by atoms with Crippen molar-refractivity contribution in [2.45, 2.75) is 19.3 Å². The lowest BCUT2D eigenvalue weighted by atomic mass is 10.1. The van der Waals surface area contributed by atoms with Crippen molar-refractivity contribution in [2.75, 3.05) is 33.4 Å². The van der Waals surface area contributed by atoms with Gasteiger partial charge < -0.3 is 14.4 Å². The van der Waals surface area contributed by atoms with Gasteiger partial charge in [0, 0.05) is 24.2 Å². The number of aromatic nitrogens is 2. The predicted molar refractivity (Wildman–Crippen MR) is 92.6 cm³/mol. The monoisotopic (exact) mass is 329 g/mol. The number of nitrogens with one attached hydrogen (secondary N) is 1. The maximum Gasteiger partial charge on any atom is 0.264 e. The zero-order chi connectivity index (χ0) is 16.8. The molecule has 6 nitrogen and oxygen atoms in total. The molecule has 1 aliphatic heterocycles. The first-order chi connectivity index (χ1) is 11.8. The average molecular weight is 329 g/mol. The van der Waals surface area contributed by atoms with Crippen LogP contribution < -0.4 is 15.0 Å². The van der Waals surface area contributed by atoms with E-state index in [1.54, 1.807) is 13.2 Å². The first kappa shape index (κ1) is 16.5. The van der Waals surface area contributed by atoms with Gasteiger partial charge in [-0.2, -0.15) is 5.10 Å². The lowest BCUT2D eigenvalue weighted by Crippen LogP contribution is -2.21. The van der Waals surface area contributed by atoms with E-state index in [0.29, 0.717) is 18.1 Å². The van der Waals surface area contributed by atoms with Crippen molar-refractivity contribution in [3.8, 4) is 22.8 Å². The van der Waals surface area contributed by atoms with E-state index in [2.05, 4.69) is 15.1 Å². The van der Waals surface area contributed by atoms with Gasteiger partial charge in [-0.1, -0.05) is 0 Å². The molecule has 0 saturated carbocycles. The van der Waals surface area contributed by atoms with E-state index >= 15 is 0 Å². The zero-order valence-corrected chi connectivity index (χ0v) is 14.0. The minimum atomic E-state index is -0.226. The van der Waals surface area contributed by atoms with Crippen LogP contribution in [0, 0.1) is 0 Å². The summed E-state index contributed by atoms with van der Waals surface area (Å²) in [4.78, 5) is 13.6. The van der Waals surface area contributed by atoms with E-state index in [4.69, 9.17) is 9.47 Å². The van der Waals surface area contributed by atoms with Gasteiger partial charge in [0.15, 0.2) is 0 Å². The third kappa shape index (κ3) is 4.14. The molecule has 0 amide bonds. The maximum atomic E-state index is 11.1. The molecule has 128 valence electrons. The van der Waals surface area contributed by atoms with Crippen molar-refractivity contribution in [3.63, 3.8) is 0 Å². The summed E-state index contributed by atoms with van der Waals surface area (Å²) < 4.78 is 11.3. The van der Waals surface area contributed by atoms with Crippen molar-refractivity contribution in [1.29, 1.82) is 0 Å². The fourth-order valence-corrected chi connectivity index (χ4v) is 2.95. The van der Waals surface area contributed by atoms with Gasteiger partial charge in [-0.3, -0.25) is 4.79 Å². The van der Waals surface area contributed by atoms with Crippen LogP contribution in [0.1, 0.15) is 19.3 Å². The summed E-state index contributed by atoms with van der Waals surface area (Å²) in [5.41, 5.74) is 1.25. The molecule has 1 fully saturated rings. The van der Waals surface area contributed by atoms with Gasteiger partial charge >= 0.3 is 0 Å². The number of aromatic amines is 1. The van der Waals surface area contributed by atoms with Crippen LogP contribution in [0.3, 0.4) is 0 Å². The summed E-state index contributed by atoms with van der Waals surface area (Å²) in [6, 6.07) is 8.78. The zero-order valence-electron chi connectivity index (χ0n) is 14.0. The lowest BCUT2D eigenvalue weighted by molar-refractivity contribution is 0.262. The summed E-state index contributed by atoms with van der Waals surface area (Å²) in [6.45, 7) is 4.22. The predicted octanol–water partition coefficient (Wildman–Crippen LogP) is 2.31. The molecule has 2 aromatic rings. The standard InChI is InChI=1S/C18H23N3O3/c1-23-17-13-14(24-12-4-11-21-9-2-3-10-21)5-6-15(17)16-7-8-18(22)20-19-16/h5-8,13H,2-4,9-12H2,1H3,(H,20,22). The number of H-pyrrole nitrogens is 1. The Balaban J connectivity index is 1.60. The van der Waals surface area contributed by atoms with Gasteiger partial charge in [0.2, 0.25) is 0 Å². The molecule has 1 aromatic heterocycles.